The largest absolute Gasteiger partial charge is 0.340 e. The highest BCUT2D eigenvalue weighted by molar-refractivity contribution is 7.85. The van der Waals surface area contributed by atoms with Crippen LogP contribution in [0.5, 0.6) is 0 Å². The third-order valence-corrected chi connectivity index (χ3v) is 3.38. The topological polar surface area (TPSA) is 37.4 Å². The van der Waals surface area contributed by atoms with Gasteiger partial charge in [0.2, 0.25) is 5.91 Å². The maximum absolute atomic E-state index is 11.8. The molecule has 0 saturated carbocycles. The van der Waals surface area contributed by atoms with E-state index in [1.807, 2.05) is 25.7 Å². The zero-order valence-corrected chi connectivity index (χ0v) is 9.32. The first-order valence-corrected chi connectivity index (χ1v) is 6.04. The molecule has 1 rings (SSSR count). The fourth-order valence-electron chi connectivity index (χ4n) is 1.32. The maximum atomic E-state index is 11.8. The zero-order valence-electron chi connectivity index (χ0n) is 8.50. The van der Waals surface area contributed by atoms with Gasteiger partial charge in [0, 0.05) is 40.8 Å². The Hall–Kier alpha value is -0.380. The summed E-state index contributed by atoms with van der Waals surface area (Å²) < 4.78 is 11.1. The first kappa shape index (κ1) is 10.7. The predicted octanol–water partition coefficient (Wildman–Crippen LogP) is 0.623. The predicted molar refractivity (Wildman–Crippen MR) is 53.9 cm³/mol. The Balaban J connectivity index is 2.55. The molecule has 0 unspecified atom stereocenters. The van der Waals surface area contributed by atoms with Crippen LogP contribution in [0.3, 0.4) is 0 Å². The van der Waals surface area contributed by atoms with Gasteiger partial charge in [-0.25, -0.2) is 0 Å². The number of hydrogen-bond donors (Lipinski definition) is 0. The molecule has 0 aromatic heterocycles. The molecule has 76 valence electrons. The van der Waals surface area contributed by atoms with Crippen LogP contribution in [0.2, 0.25) is 0 Å². The van der Waals surface area contributed by atoms with E-state index in [4.69, 9.17) is 0 Å². The molecule has 0 aromatic carbocycles. The number of nitrogens with zero attached hydrogens (tertiary/aromatic N) is 1. The minimum absolute atomic E-state index is 0.171. The van der Waals surface area contributed by atoms with Gasteiger partial charge in [0.25, 0.3) is 0 Å². The molecule has 1 amide bonds. The van der Waals surface area contributed by atoms with Crippen molar-refractivity contribution < 1.29 is 9.00 Å². The van der Waals surface area contributed by atoms with Crippen molar-refractivity contribution in [3.8, 4) is 0 Å². The molecule has 0 spiro atoms. The van der Waals surface area contributed by atoms with Crippen LogP contribution in [0.1, 0.15) is 20.8 Å². The number of amides is 1. The monoisotopic (exact) mass is 203 g/mol. The van der Waals surface area contributed by atoms with Gasteiger partial charge in [0.1, 0.15) is 0 Å². The molecule has 0 bridgehead atoms. The highest BCUT2D eigenvalue weighted by Crippen LogP contribution is 2.18. The second kappa shape index (κ2) is 3.78. The molecule has 1 aliphatic rings. The van der Waals surface area contributed by atoms with E-state index in [9.17, 15) is 9.00 Å². The van der Waals surface area contributed by atoms with Crippen LogP contribution in [-0.4, -0.2) is 39.6 Å². The third-order valence-electron chi connectivity index (χ3n) is 2.11. The fourth-order valence-corrected chi connectivity index (χ4v) is 2.37. The van der Waals surface area contributed by atoms with Gasteiger partial charge in [0.15, 0.2) is 0 Å². The highest BCUT2D eigenvalue weighted by Gasteiger charge is 2.29. The van der Waals surface area contributed by atoms with Gasteiger partial charge in [0.05, 0.1) is 0 Å². The van der Waals surface area contributed by atoms with E-state index in [-0.39, 0.29) is 11.3 Å². The second-order valence-corrected chi connectivity index (χ2v) is 6.09. The minimum Gasteiger partial charge on any atom is -0.340 e. The first-order chi connectivity index (χ1) is 5.91. The zero-order chi connectivity index (χ0) is 10.1. The Kier molecular flexibility index (Phi) is 3.11. The van der Waals surface area contributed by atoms with Gasteiger partial charge in [-0.1, -0.05) is 20.8 Å². The van der Waals surface area contributed by atoms with Crippen molar-refractivity contribution in [3.63, 3.8) is 0 Å². The molecular formula is C9H17NO2S. The summed E-state index contributed by atoms with van der Waals surface area (Å²) in [7, 11) is -0.698. The van der Waals surface area contributed by atoms with Crippen LogP contribution in [-0.2, 0) is 15.6 Å². The maximum Gasteiger partial charge on any atom is 0.228 e. The Labute approximate surface area is 81.9 Å². The molecule has 0 N–H and O–H groups in total. The smallest absolute Gasteiger partial charge is 0.228 e. The Morgan fingerprint density at radius 1 is 1.23 bits per heavy atom. The lowest BCUT2D eigenvalue weighted by atomic mass is 9.95. The van der Waals surface area contributed by atoms with Crippen molar-refractivity contribution in [1.82, 2.24) is 4.90 Å². The standard InChI is InChI=1S/C9H17NO2S/c1-9(2,3)8(11)10-4-6-13(12)7-5-10/h4-7H2,1-3H3. The van der Waals surface area contributed by atoms with Gasteiger partial charge >= 0.3 is 0 Å². The molecule has 0 aromatic rings. The Morgan fingerprint density at radius 3 is 2.08 bits per heavy atom. The number of carbonyl (C=O) groups excluding carboxylic acids is 1. The van der Waals surface area contributed by atoms with E-state index in [0.717, 1.165) is 0 Å². The van der Waals surface area contributed by atoms with Gasteiger partial charge in [-0.15, -0.1) is 0 Å². The van der Waals surface area contributed by atoms with Crippen LogP contribution in [0.4, 0.5) is 0 Å². The van der Waals surface area contributed by atoms with Crippen LogP contribution in [0.25, 0.3) is 0 Å². The average molecular weight is 203 g/mol. The molecule has 1 aliphatic heterocycles. The van der Waals surface area contributed by atoms with Crippen molar-refractivity contribution in [2.75, 3.05) is 24.6 Å². The van der Waals surface area contributed by atoms with E-state index in [1.54, 1.807) is 0 Å². The average Bonchev–Trinajstić information content (AvgIpc) is 2.03. The van der Waals surface area contributed by atoms with Gasteiger partial charge in [-0.3, -0.25) is 9.00 Å². The lowest BCUT2D eigenvalue weighted by Gasteiger charge is -2.31. The Bertz CT molecular complexity index is 222. The van der Waals surface area contributed by atoms with Crippen molar-refractivity contribution >= 4 is 16.7 Å². The summed E-state index contributed by atoms with van der Waals surface area (Å²) in [4.78, 5) is 13.6. The highest BCUT2D eigenvalue weighted by atomic mass is 32.2. The van der Waals surface area contributed by atoms with E-state index in [1.165, 1.54) is 0 Å². The number of hydrogen-bond acceptors (Lipinski definition) is 2. The van der Waals surface area contributed by atoms with Crippen LogP contribution in [0, 0.1) is 5.41 Å². The summed E-state index contributed by atoms with van der Waals surface area (Å²) in [6, 6.07) is 0. The molecule has 1 heterocycles. The molecule has 0 radical (unpaired) electrons. The van der Waals surface area contributed by atoms with Gasteiger partial charge in [-0.05, 0) is 0 Å². The number of carbonyl (C=O) groups is 1. The minimum atomic E-state index is -0.698. The third kappa shape index (κ3) is 2.79. The summed E-state index contributed by atoms with van der Waals surface area (Å²) in [5.74, 6) is 1.45. The van der Waals surface area contributed by atoms with Crippen molar-refractivity contribution in [2.24, 2.45) is 5.41 Å². The van der Waals surface area contributed by atoms with Crippen molar-refractivity contribution in [2.45, 2.75) is 20.8 Å². The normalized spacial score (nSPS) is 20.4. The van der Waals surface area contributed by atoms with Gasteiger partial charge in [-0.2, -0.15) is 0 Å². The lowest BCUT2D eigenvalue weighted by Crippen LogP contribution is -2.46. The van der Waals surface area contributed by atoms with E-state index in [2.05, 4.69) is 0 Å². The van der Waals surface area contributed by atoms with E-state index >= 15 is 0 Å². The van der Waals surface area contributed by atoms with Crippen LogP contribution < -0.4 is 0 Å². The van der Waals surface area contributed by atoms with Crippen LogP contribution >= 0.6 is 0 Å². The van der Waals surface area contributed by atoms with E-state index in [0.29, 0.717) is 24.6 Å². The molecule has 13 heavy (non-hydrogen) atoms. The molecule has 1 fully saturated rings. The summed E-state index contributed by atoms with van der Waals surface area (Å²) in [5, 5.41) is 0. The summed E-state index contributed by atoms with van der Waals surface area (Å²) >= 11 is 0. The second-order valence-electron chi connectivity index (χ2n) is 4.39. The molecule has 0 aliphatic carbocycles. The SMILES string of the molecule is CC(C)(C)C(=O)N1CCS(=O)CC1. The van der Waals surface area contributed by atoms with Gasteiger partial charge < -0.3 is 4.90 Å². The Morgan fingerprint density at radius 2 is 1.69 bits per heavy atom. The fraction of sp³-hybridized carbons (Fsp3) is 0.889. The van der Waals surface area contributed by atoms with Crippen molar-refractivity contribution in [1.29, 1.82) is 0 Å². The van der Waals surface area contributed by atoms with Crippen molar-refractivity contribution in [3.05, 3.63) is 0 Å². The molecule has 0 atom stereocenters. The first-order valence-electron chi connectivity index (χ1n) is 4.55. The lowest BCUT2D eigenvalue weighted by molar-refractivity contribution is -0.139. The summed E-state index contributed by atoms with van der Waals surface area (Å²) in [6.45, 7) is 7.06. The summed E-state index contributed by atoms with van der Waals surface area (Å²) in [6.07, 6.45) is 0. The molecular weight excluding hydrogens is 186 g/mol. The van der Waals surface area contributed by atoms with E-state index < -0.39 is 10.8 Å². The number of rotatable bonds is 0. The quantitative estimate of drug-likeness (QED) is 0.579. The van der Waals surface area contributed by atoms with Crippen LogP contribution in [0.15, 0.2) is 0 Å². The molecule has 1 saturated heterocycles. The molecule has 4 heteroatoms. The summed E-state index contributed by atoms with van der Waals surface area (Å²) in [5.41, 5.74) is -0.307. The molecule has 3 nitrogen and oxygen atoms in total.